The summed E-state index contributed by atoms with van der Waals surface area (Å²) in [6, 6.07) is 8.93. The quantitative estimate of drug-likeness (QED) is 0.713. The van der Waals surface area contributed by atoms with Gasteiger partial charge in [0.25, 0.3) is 0 Å². The first kappa shape index (κ1) is 22.2. The van der Waals surface area contributed by atoms with E-state index < -0.39 is 0 Å². The summed E-state index contributed by atoms with van der Waals surface area (Å²) in [6.07, 6.45) is 5.77. The normalized spacial score (nSPS) is 19.7. The zero-order chi connectivity index (χ0) is 16.1. The Labute approximate surface area is 166 Å². The van der Waals surface area contributed by atoms with Crippen LogP contribution < -0.4 is 10.6 Å². The molecule has 0 radical (unpaired) electrons. The van der Waals surface area contributed by atoms with Gasteiger partial charge >= 0.3 is 0 Å². The van der Waals surface area contributed by atoms with E-state index in [1.807, 2.05) is 6.07 Å². The van der Waals surface area contributed by atoms with Gasteiger partial charge in [-0.15, -0.1) is 36.2 Å². The molecular formula is C18H27Cl2N3OS. The number of para-hydroxylation sites is 1. The second-order valence-electron chi connectivity index (χ2n) is 6.34. The number of carbonyl (C=O) groups excluding carboxylic acids is 1. The molecule has 1 fully saturated rings. The van der Waals surface area contributed by atoms with Crippen LogP contribution in [-0.4, -0.2) is 29.5 Å². The lowest BCUT2D eigenvalue weighted by atomic mass is 9.99. The lowest BCUT2D eigenvalue weighted by Gasteiger charge is -2.30. The topological polar surface area (TPSA) is 54.0 Å². The van der Waals surface area contributed by atoms with Gasteiger partial charge in [0.05, 0.1) is 15.2 Å². The maximum absolute atomic E-state index is 12.1. The van der Waals surface area contributed by atoms with E-state index in [1.54, 1.807) is 11.3 Å². The molecule has 0 saturated carbocycles. The number of halogens is 2. The molecule has 2 aromatic rings. The van der Waals surface area contributed by atoms with Gasteiger partial charge in [0, 0.05) is 18.5 Å². The molecule has 0 aliphatic carbocycles. The van der Waals surface area contributed by atoms with Crippen LogP contribution in [0.1, 0.15) is 44.0 Å². The Morgan fingerprint density at radius 1 is 1.32 bits per heavy atom. The first-order valence-electron chi connectivity index (χ1n) is 8.59. The Morgan fingerprint density at radius 2 is 2.12 bits per heavy atom. The molecule has 1 saturated heterocycles. The number of thiazole rings is 1. The van der Waals surface area contributed by atoms with Crippen molar-refractivity contribution in [1.82, 2.24) is 15.6 Å². The van der Waals surface area contributed by atoms with Crippen LogP contribution in [-0.2, 0) is 11.2 Å². The standard InChI is InChI=1S/C18H25N3OS.2ClH/c1-13-14(8-6-12-19-13)20-17(22)10-4-5-11-18-21-15-7-2-3-9-16(15)23-18;;/h2-3,7,9,13-14,19H,4-6,8,10-12H2,1H3,(H,20,22);2*1H. The van der Waals surface area contributed by atoms with Gasteiger partial charge in [-0.05, 0) is 57.7 Å². The monoisotopic (exact) mass is 403 g/mol. The highest BCUT2D eigenvalue weighted by Gasteiger charge is 2.21. The number of aromatic nitrogens is 1. The number of hydrogen-bond acceptors (Lipinski definition) is 4. The van der Waals surface area contributed by atoms with Gasteiger partial charge in [0.15, 0.2) is 0 Å². The fraction of sp³-hybridized carbons (Fsp3) is 0.556. The number of benzene rings is 1. The highest BCUT2D eigenvalue weighted by atomic mass is 35.5. The first-order chi connectivity index (χ1) is 11.2. The molecule has 1 aliphatic heterocycles. The van der Waals surface area contributed by atoms with Crippen LogP contribution in [0.3, 0.4) is 0 Å². The number of carbonyl (C=O) groups is 1. The molecule has 2 heterocycles. The van der Waals surface area contributed by atoms with E-state index in [0.717, 1.165) is 44.2 Å². The number of nitrogens with zero attached hydrogens (tertiary/aromatic N) is 1. The van der Waals surface area contributed by atoms with Crippen molar-refractivity contribution in [3.8, 4) is 0 Å². The number of unbranched alkanes of at least 4 members (excludes halogenated alkanes) is 1. The number of aryl methyl sites for hydroxylation is 1. The number of nitrogens with one attached hydrogen (secondary N) is 2. The summed E-state index contributed by atoms with van der Waals surface area (Å²) in [4.78, 5) is 16.7. The van der Waals surface area contributed by atoms with Gasteiger partial charge in [-0.1, -0.05) is 12.1 Å². The summed E-state index contributed by atoms with van der Waals surface area (Å²) in [5.74, 6) is 0.190. The second-order valence-corrected chi connectivity index (χ2v) is 7.46. The average Bonchev–Trinajstić information content (AvgIpc) is 2.96. The number of amides is 1. The molecule has 1 aromatic heterocycles. The van der Waals surface area contributed by atoms with Crippen molar-refractivity contribution in [2.24, 2.45) is 0 Å². The minimum absolute atomic E-state index is 0. The Bertz CT molecular complexity index is 632. The van der Waals surface area contributed by atoms with Gasteiger partial charge in [-0.3, -0.25) is 4.79 Å². The van der Waals surface area contributed by atoms with Gasteiger partial charge in [0.1, 0.15) is 0 Å². The van der Waals surface area contributed by atoms with E-state index in [9.17, 15) is 4.79 Å². The van der Waals surface area contributed by atoms with Crippen molar-refractivity contribution in [2.45, 2.75) is 57.5 Å². The molecule has 140 valence electrons. The zero-order valence-electron chi connectivity index (χ0n) is 14.5. The van der Waals surface area contributed by atoms with E-state index in [4.69, 9.17) is 0 Å². The van der Waals surface area contributed by atoms with Gasteiger partial charge in [-0.2, -0.15) is 0 Å². The predicted octanol–water partition coefficient (Wildman–Crippen LogP) is 4.11. The third-order valence-corrected chi connectivity index (χ3v) is 5.59. The molecule has 4 nitrogen and oxygen atoms in total. The summed E-state index contributed by atoms with van der Waals surface area (Å²) in [7, 11) is 0. The molecule has 1 aromatic carbocycles. The maximum Gasteiger partial charge on any atom is 0.220 e. The molecule has 25 heavy (non-hydrogen) atoms. The smallest absolute Gasteiger partial charge is 0.220 e. The fourth-order valence-corrected chi connectivity index (χ4v) is 4.12. The van der Waals surface area contributed by atoms with E-state index in [1.165, 1.54) is 9.71 Å². The summed E-state index contributed by atoms with van der Waals surface area (Å²) in [6.45, 7) is 3.22. The van der Waals surface area contributed by atoms with E-state index in [2.05, 4.69) is 40.7 Å². The van der Waals surface area contributed by atoms with Gasteiger partial charge in [-0.25, -0.2) is 4.98 Å². The van der Waals surface area contributed by atoms with Crippen molar-refractivity contribution >= 4 is 52.3 Å². The zero-order valence-corrected chi connectivity index (χ0v) is 16.9. The van der Waals surface area contributed by atoms with Crippen LogP contribution >= 0.6 is 36.2 Å². The highest BCUT2D eigenvalue weighted by Crippen LogP contribution is 2.22. The fourth-order valence-electron chi connectivity index (χ4n) is 3.11. The van der Waals surface area contributed by atoms with E-state index in [-0.39, 0.29) is 30.7 Å². The molecule has 0 spiro atoms. The molecule has 2 N–H and O–H groups in total. The Hall–Kier alpha value is -0.880. The third-order valence-electron chi connectivity index (χ3n) is 4.49. The van der Waals surface area contributed by atoms with Crippen LogP contribution in [0.4, 0.5) is 0 Å². The van der Waals surface area contributed by atoms with E-state index >= 15 is 0 Å². The number of rotatable bonds is 6. The molecule has 2 atom stereocenters. The summed E-state index contributed by atoms with van der Waals surface area (Å²) < 4.78 is 1.25. The molecule has 1 aliphatic rings. The van der Waals surface area contributed by atoms with Crippen molar-refractivity contribution in [3.63, 3.8) is 0 Å². The second kappa shape index (κ2) is 11.0. The molecule has 2 unspecified atom stereocenters. The van der Waals surface area contributed by atoms with Crippen LogP contribution in [0.15, 0.2) is 24.3 Å². The largest absolute Gasteiger partial charge is 0.352 e. The summed E-state index contributed by atoms with van der Waals surface area (Å²) in [5, 5.41) is 7.77. The summed E-state index contributed by atoms with van der Waals surface area (Å²) in [5.41, 5.74) is 1.09. The van der Waals surface area contributed by atoms with Crippen LogP contribution in [0.5, 0.6) is 0 Å². The van der Waals surface area contributed by atoms with Gasteiger partial charge in [0.2, 0.25) is 5.91 Å². The maximum atomic E-state index is 12.1. The highest BCUT2D eigenvalue weighted by molar-refractivity contribution is 7.18. The van der Waals surface area contributed by atoms with Crippen LogP contribution in [0.25, 0.3) is 10.2 Å². The van der Waals surface area contributed by atoms with Crippen LogP contribution in [0, 0.1) is 0 Å². The lowest BCUT2D eigenvalue weighted by Crippen LogP contribution is -2.51. The molecule has 3 rings (SSSR count). The molecular weight excluding hydrogens is 377 g/mol. The summed E-state index contributed by atoms with van der Waals surface area (Å²) >= 11 is 1.76. The lowest BCUT2D eigenvalue weighted by molar-refractivity contribution is -0.122. The third kappa shape index (κ3) is 6.41. The van der Waals surface area contributed by atoms with Gasteiger partial charge < -0.3 is 10.6 Å². The van der Waals surface area contributed by atoms with Crippen molar-refractivity contribution < 1.29 is 4.79 Å². The van der Waals surface area contributed by atoms with Crippen LogP contribution in [0.2, 0.25) is 0 Å². The first-order valence-corrected chi connectivity index (χ1v) is 9.41. The average molecular weight is 404 g/mol. The Kier molecular flexibility index (Phi) is 9.72. The molecule has 1 amide bonds. The SMILES string of the molecule is CC1NCCCC1NC(=O)CCCCc1nc2ccccc2s1.Cl.Cl. The number of piperidine rings is 1. The molecule has 0 bridgehead atoms. The van der Waals surface area contributed by atoms with Crippen molar-refractivity contribution in [1.29, 1.82) is 0 Å². The minimum atomic E-state index is 0. The predicted molar refractivity (Wildman–Crippen MR) is 110 cm³/mol. The molecule has 7 heteroatoms. The van der Waals surface area contributed by atoms with E-state index in [0.29, 0.717) is 18.5 Å². The Morgan fingerprint density at radius 3 is 2.88 bits per heavy atom. The van der Waals surface area contributed by atoms with Crippen molar-refractivity contribution in [2.75, 3.05) is 6.54 Å². The minimum Gasteiger partial charge on any atom is -0.352 e. The Balaban J connectivity index is 0.00000156. The number of fused-ring (bicyclic) bond motifs is 1. The number of hydrogen-bond donors (Lipinski definition) is 2. The van der Waals surface area contributed by atoms with Crippen molar-refractivity contribution in [3.05, 3.63) is 29.3 Å².